The molecule has 0 bridgehead atoms. The van der Waals surface area contributed by atoms with Gasteiger partial charge in [0.15, 0.2) is 0 Å². The fourth-order valence-electron chi connectivity index (χ4n) is 1.98. The van der Waals surface area contributed by atoms with Crippen LogP contribution in [0.5, 0.6) is 0 Å². The second kappa shape index (κ2) is 7.90. The van der Waals surface area contributed by atoms with E-state index >= 15 is 0 Å². The first-order chi connectivity index (χ1) is 12.0. The second-order valence-corrected chi connectivity index (χ2v) is 8.58. The van der Waals surface area contributed by atoms with Crippen molar-refractivity contribution in [3.8, 4) is 0 Å². The molecule has 0 amide bonds. The van der Waals surface area contributed by atoms with E-state index in [0.717, 1.165) is 12.3 Å². The van der Waals surface area contributed by atoms with Gasteiger partial charge in [-0.25, -0.2) is 17.9 Å². The fraction of sp³-hybridized carbons (Fsp3) is 0.308. The molecule has 0 radical (unpaired) electrons. The van der Waals surface area contributed by atoms with E-state index in [1.165, 1.54) is 18.2 Å². The number of anilines is 2. The van der Waals surface area contributed by atoms with Crippen molar-refractivity contribution in [3.05, 3.63) is 40.6 Å². The number of H-pyrrole nitrogens is 1. The number of rotatable bonds is 8. The molecule has 0 aliphatic heterocycles. The standard InChI is InChI=1S/C13H17N5O6S2/c1-25(20,21)14-7-3-6-11-16-12(18-13(19)17-11)15-9-4-2-5-10(8-9)26(22,23)24/h2,4-5,8,14H,3,6-7H2,1H3,(H,22,23,24)(H2,15,16,17,18,19). The van der Waals surface area contributed by atoms with E-state index in [0.29, 0.717) is 12.8 Å². The van der Waals surface area contributed by atoms with Crippen LogP contribution in [0.2, 0.25) is 0 Å². The highest BCUT2D eigenvalue weighted by Gasteiger charge is 2.11. The highest BCUT2D eigenvalue weighted by molar-refractivity contribution is 7.88. The average Bonchev–Trinajstić information content (AvgIpc) is 2.50. The molecule has 0 aliphatic carbocycles. The number of hydrogen-bond donors (Lipinski definition) is 4. The molecule has 1 aromatic carbocycles. The van der Waals surface area contributed by atoms with Crippen LogP contribution in [0, 0.1) is 0 Å². The minimum absolute atomic E-state index is 0.0627. The molecule has 0 aliphatic rings. The van der Waals surface area contributed by atoms with Gasteiger partial charge in [-0.15, -0.1) is 0 Å². The maximum atomic E-state index is 11.6. The predicted octanol–water partition coefficient (Wildman–Crippen LogP) is -0.363. The summed E-state index contributed by atoms with van der Waals surface area (Å²) in [4.78, 5) is 21.5. The summed E-state index contributed by atoms with van der Waals surface area (Å²) in [5.41, 5.74) is -0.407. The van der Waals surface area contributed by atoms with E-state index in [1.807, 2.05) is 0 Å². The third kappa shape index (κ3) is 6.51. The number of nitrogens with one attached hydrogen (secondary N) is 3. The molecule has 0 fully saturated rings. The summed E-state index contributed by atoms with van der Waals surface area (Å²) in [5, 5.41) is 2.68. The second-order valence-electron chi connectivity index (χ2n) is 5.32. The van der Waals surface area contributed by atoms with Gasteiger partial charge in [-0.2, -0.15) is 18.4 Å². The van der Waals surface area contributed by atoms with Gasteiger partial charge in [0.05, 0.1) is 11.2 Å². The van der Waals surface area contributed by atoms with Crippen LogP contribution in [0.4, 0.5) is 11.6 Å². The number of aromatic amines is 1. The van der Waals surface area contributed by atoms with E-state index in [9.17, 15) is 21.6 Å². The molecule has 1 heterocycles. The Morgan fingerprint density at radius 3 is 2.58 bits per heavy atom. The van der Waals surface area contributed by atoms with Crippen molar-refractivity contribution in [1.82, 2.24) is 19.7 Å². The number of nitrogens with zero attached hydrogens (tertiary/aromatic N) is 2. The van der Waals surface area contributed by atoms with Gasteiger partial charge in [0.1, 0.15) is 5.82 Å². The monoisotopic (exact) mass is 403 g/mol. The van der Waals surface area contributed by atoms with Crippen LogP contribution < -0.4 is 15.7 Å². The van der Waals surface area contributed by atoms with Crippen molar-refractivity contribution in [2.75, 3.05) is 18.1 Å². The minimum atomic E-state index is -4.37. The first kappa shape index (κ1) is 20.0. The van der Waals surface area contributed by atoms with Gasteiger partial charge in [-0.1, -0.05) is 6.07 Å². The fourth-order valence-corrected chi connectivity index (χ4v) is 3.02. The van der Waals surface area contributed by atoms with Gasteiger partial charge in [-0.05, 0) is 24.6 Å². The van der Waals surface area contributed by atoms with Crippen LogP contribution >= 0.6 is 0 Å². The Hall–Kier alpha value is -2.35. The first-order valence-corrected chi connectivity index (χ1v) is 10.6. The lowest BCUT2D eigenvalue weighted by atomic mass is 10.3. The lowest BCUT2D eigenvalue weighted by Gasteiger charge is -2.07. The summed E-state index contributed by atoms with van der Waals surface area (Å²) >= 11 is 0. The molecule has 2 aromatic rings. The Morgan fingerprint density at radius 1 is 1.19 bits per heavy atom. The number of sulfonamides is 1. The maximum Gasteiger partial charge on any atom is 0.349 e. The van der Waals surface area contributed by atoms with E-state index in [2.05, 4.69) is 25.0 Å². The summed E-state index contributed by atoms with van der Waals surface area (Å²) in [7, 11) is -7.65. The molecule has 1 aromatic heterocycles. The summed E-state index contributed by atoms with van der Waals surface area (Å²) in [6, 6.07) is 5.28. The predicted molar refractivity (Wildman–Crippen MR) is 93.4 cm³/mol. The van der Waals surface area contributed by atoms with E-state index in [1.54, 1.807) is 0 Å². The lowest BCUT2D eigenvalue weighted by molar-refractivity contribution is 0.483. The summed E-state index contributed by atoms with van der Waals surface area (Å²) < 4.78 is 55.7. The molecule has 142 valence electrons. The molecule has 0 spiro atoms. The molecule has 0 atom stereocenters. The molecule has 2 rings (SSSR count). The van der Waals surface area contributed by atoms with Crippen LogP contribution in [-0.2, 0) is 26.6 Å². The first-order valence-electron chi connectivity index (χ1n) is 7.29. The Labute approximate surface area is 149 Å². The van der Waals surface area contributed by atoms with Crippen molar-refractivity contribution < 1.29 is 21.4 Å². The maximum absolute atomic E-state index is 11.6. The van der Waals surface area contributed by atoms with Crippen molar-refractivity contribution in [2.24, 2.45) is 0 Å². The van der Waals surface area contributed by atoms with Crippen LogP contribution in [0.15, 0.2) is 34.0 Å². The van der Waals surface area contributed by atoms with E-state index < -0.39 is 25.8 Å². The molecule has 0 unspecified atom stereocenters. The quantitative estimate of drug-likeness (QED) is 0.339. The van der Waals surface area contributed by atoms with Crippen LogP contribution in [-0.4, -0.2) is 49.1 Å². The molecular weight excluding hydrogens is 386 g/mol. The summed E-state index contributed by atoms with van der Waals surface area (Å²) in [6.07, 6.45) is 1.74. The Balaban J connectivity index is 2.11. The molecular formula is C13H17N5O6S2. The third-order valence-electron chi connectivity index (χ3n) is 3.04. The molecule has 26 heavy (non-hydrogen) atoms. The SMILES string of the molecule is CS(=O)(=O)NCCCc1nc(Nc2cccc(S(=O)(=O)O)c2)nc(=O)[nH]1. The zero-order chi connectivity index (χ0) is 19.4. The zero-order valence-electron chi connectivity index (χ0n) is 13.6. The molecule has 4 N–H and O–H groups in total. The normalized spacial score (nSPS) is 12.1. The summed E-state index contributed by atoms with van der Waals surface area (Å²) in [5.74, 6) is 0.223. The third-order valence-corrected chi connectivity index (χ3v) is 4.62. The van der Waals surface area contributed by atoms with E-state index in [-0.39, 0.29) is 28.9 Å². The Kier molecular flexibility index (Phi) is 6.07. The number of benzene rings is 1. The van der Waals surface area contributed by atoms with Crippen LogP contribution in [0.25, 0.3) is 0 Å². The molecule has 0 saturated heterocycles. The average molecular weight is 403 g/mol. The van der Waals surface area contributed by atoms with Gasteiger partial charge in [0.2, 0.25) is 16.0 Å². The smallest absolute Gasteiger partial charge is 0.324 e. The van der Waals surface area contributed by atoms with Crippen molar-refractivity contribution in [2.45, 2.75) is 17.7 Å². The minimum Gasteiger partial charge on any atom is -0.324 e. The molecule has 13 heteroatoms. The van der Waals surface area contributed by atoms with Gasteiger partial charge in [0, 0.05) is 18.7 Å². The highest BCUT2D eigenvalue weighted by Crippen LogP contribution is 2.17. The van der Waals surface area contributed by atoms with Gasteiger partial charge >= 0.3 is 5.69 Å². The highest BCUT2D eigenvalue weighted by atomic mass is 32.2. The number of aryl methyl sites for hydroxylation is 1. The van der Waals surface area contributed by atoms with Gasteiger partial charge in [-0.3, -0.25) is 9.54 Å². The van der Waals surface area contributed by atoms with Crippen molar-refractivity contribution in [3.63, 3.8) is 0 Å². The number of aromatic nitrogens is 3. The molecule has 0 saturated carbocycles. The molecule has 11 nitrogen and oxygen atoms in total. The largest absolute Gasteiger partial charge is 0.349 e. The summed E-state index contributed by atoms with van der Waals surface area (Å²) in [6.45, 7) is 0.185. The topological polar surface area (TPSA) is 171 Å². The van der Waals surface area contributed by atoms with Gasteiger partial charge < -0.3 is 5.32 Å². The zero-order valence-corrected chi connectivity index (χ0v) is 15.3. The Bertz CT molecular complexity index is 1050. The number of hydrogen-bond acceptors (Lipinski definition) is 8. The van der Waals surface area contributed by atoms with Gasteiger partial charge in [0.25, 0.3) is 10.1 Å². The lowest BCUT2D eigenvalue weighted by Crippen LogP contribution is -2.24. The van der Waals surface area contributed by atoms with E-state index in [4.69, 9.17) is 4.55 Å². The van der Waals surface area contributed by atoms with Crippen LogP contribution in [0.1, 0.15) is 12.2 Å². The Morgan fingerprint density at radius 2 is 1.92 bits per heavy atom. The van der Waals surface area contributed by atoms with Crippen LogP contribution in [0.3, 0.4) is 0 Å². The van der Waals surface area contributed by atoms with Crippen molar-refractivity contribution in [1.29, 1.82) is 0 Å². The van der Waals surface area contributed by atoms with Crippen molar-refractivity contribution >= 4 is 31.8 Å².